The van der Waals surface area contributed by atoms with E-state index in [1.807, 2.05) is 43.3 Å². The van der Waals surface area contributed by atoms with E-state index in [9.17, 15) is 4.79 Å². The van der Waals surface area contributed by atoms with Crippen molar-refractivity contribution in [2.45, 2.75) is 39.3 Å². The summed E-state index contributed by atoms with van der Waals surface area (Å²) in [5, 5.41) is 22.3. The Bertz CT molecular complexity index is 1770. The molecular weight excluding hydrogens is 562 g/mol. The van der Waals surface area contributed by atoms with Crippen LogP contribution in [0.3, 0.4) is 0 Å². The number of piperidine rings is 1. The zero-order chi connectivity index (χ0) is 30.3. The molecule has 0 aliphatic carbocycles. The number of carbonyl (C=O) groups is 1. The lowest BCUT2D eigenvalue weighted by Gasteiger charge is -2.25. The SMILES string of the molecule is CCOc1cc(/C=N\NC(=O)c2c(CN3CCCCC3)nnn2-c2nonc2N)ccc1OCc1cccc2ccccc12. The summed E-state index contributed by atoms with van der Waals surface area (Å²) in [7, 11) is 0. The minimum absolute atomic E-state index is 0.0109. The Morgan fingerprint density at radius 1 is 1.05 bits per heavy atom. The number of nitrogen functional groups attached to an aromatic ring is 1. The third-order valence-corrected chi connectivity index (χ3v) is 7.38. The predicted molar refractivity (Wildman–Crippen MR) is 164 cm³/mol. The van der Waals surface area contributed by atoms with Gasteiger partial charge in [-0.2, -0.15) is 9.78 Å². The number of hydrogen-bond acceptors (Lipinski definition) is 11. The summed E-state index contributed by atoms with van der Waals surface area (Å²) in [5.74, 6) is 0.723. The van der Waals surface area contributed by atoms with Crippen LogP contribution in [-0.2, 0) is 13.2 Å². The zero-order valence-corrected chi connectivity index (χ0v) is 24.3. The first kappa shape index (κ1) is 28.8. The van der Waals surface area contributed by atoms with Crippen LogP contribution in [0.5, 0.6) is 11.5 Å². The number of nitrogens with zero attached hydrogens (tertiary/aromatic N) is 7. The van der Waals surface area contributed by atoms with E-state index in [0.29, 0.717) is 42.5 Å². The van der Waals surface area contributed by atoms with Crippen molar-refractivity contribution in [3.05, 3.63) is 83.2 Å². The fourth-order valence-electron chi connectivity index (χ4n) is 5.25. The number of hydrazone groups is 1. The van der Waals surface area contributed by atoms with Crippen molar-refractivity contribution in [2.75, 3.05) is 25.4 Å². The number of nitrogens with two attached hydrogens (primary N) is 1. The fourth-order valence-corrected chi connectivity index (χ4v) is 5.25. The van der Waals surface area contributed by atoms with Gasteiger partial charge in [0, 0.05) is 6.54 Å². The molecule has 6 rings (SSSR count). The number of benzene rings is 3. The number of rotatable bonds is 11. The molecule has 0 radical (unpaired) electrons. The lowest BCUT2D eigenvalue weighted by Crippen LogP contribution is -2.31. The molecule has 1 aliphatic heterocycles. The number of amides is 1. The summed E-state index contributed by atoms with van der Waals surface area (Å²) in [6.45, 7) is 5.05. The van der Waals surface area contributed by atoms with Crippen LogP contribution in [0.15, 0.2) is 70.4 Å². The first-order valence-corrected chi connectivity index (χ1v) is 14.6. The maximum Gasteiger partial charge on any atom is 0.292 e. The fraction of sp³-hybridized carbons (Fsp3) is 0.290. The molecule has 1 amide bonds. The van der Waals surface area contributed by atoms with Crippen LogP contribution < -0.4 is 20.6 Å². The molecule has 0 unspecified atom stereocenters. The number of hydrogen-bond donors (Lipinski definition) is 2. The summed E-state index contributed by atoms with van der Waals surface area (Å²) in [6, 6.07) is 19.8. The second kappa shape index (κ2) is 13.3. The summed E-state index contributed by atoms with van der Waals surface area (Å²) < 4.78 is 18.0. The Labute approximate surface area is 253 Å². The van der Waals surface area contributed by atoms with Crippen molar-refractivity contribution < 1.29 is 18.9 Å². The van der Waals surface area contributed by atoms with Gasteiger partial charge in [-0.15, -0.1) is 5.10 Å². The maximum atomic E-state index is 13.4. The normalized spacial score (nSPS) is 13.8. The Kier molecular flexibility index (Phi) is 8.73. The molecule has 3 heterocycles. The van der Waals surface area contributed by atoms with Gasteiger partial charge in [-0.1, -0.05) is 54.1 Å². The van der Waals surface area contributed by atoms with Crippen LogP contribution in [0.4, 0.5) is 5.82 Å². The highest BCUT2D eigenvalue weighted by Crippen LogP contribution is 2.30. The molecule has 5 aromatic rings. The van der Waals surface area contributed by atoms with E-state index in [4.69, 9.17) is 19.8 Å². The van der Waals surface area contributed by atoms with Crippen molar-refractivity contribution in [3.63, 3.8) is 0 Å². The maximum absolute atomic E-state index is 13.4. The number of nitrogens with one attached hydrogen (secondary N) is 1. The standard InChI is InChI=1S/C31H33N9O4/c1-2-42-27-17-21(13-14-26(27)43-20-23-11-8-10-22-9-4-5-12-24(22)23)18-33-35-31(41)28-25(19-39-15-6-3-7-16-39)34-38-40(28)30-29(32)36-44-37-30/h4-5,8-14,17-18H,2-3,6-7,15-16,19-20H2,1H3,(H2,32,36)(H,35,41)/b33-18-. The van der Waals surface area contributed by atoms with Crippen LogP contribution in [-0.4, -0.2) is 62.0 Å². The van der Waals surface area contributed by atoms with E-state index < -0.39 is 5.91 Å². The number of fused-ring (bicyclic) bond motifs is 1. The van der Waals surface area contributed by atoms with E-state index in [1.54, 1.807) is 0 Å². The number of aromatic nitrogens is 5. The minimum Gasteiger partial charge on any atom is -0.490 e. The Hall–Kier alpha value is -5.30. The van der Waals surface area contributed by atoms with E-state index in [0.717, 1.165) is 42.3 Å². The van der Waals surface area contributed by atoms with Gasteiger partial charge in [-0.3, -0.25) is 9.69 Å². The Balaban J connectivity index is 1.18. The summed E-state index contributed by atoms with van der Waals surface area (Å²) >= 11 is 0. The highest BCUT2D eigenvalue weighted by molar-refractivity contribution is 5.95. The van der Waals surface area contributed by atoms with Crippen LogP contribution in [0.25, 0.3) is 16.6 Å². The van der Waals surface area contributed by atoms with Gasteiger partial charge in [0.2, 0.25) is 11.6 Å². The molecule has 3 aromatic carbocycles. The first-order chi connectivity index (χ1) is 21.6. The third-order valence-electron chi connectivity index (χ3n) is 7.38. The molecule has 0 atom stereocenters. The highest BCUT2D eigenvalue weighted by atomic mass is 16.6. The molecule has 0 saturated carbocycles. The average molecular weight is 596 g/mol. The summed E-state index contributed by atoms with van der Waals surface area (Å²) in [4.78, 5) is 15.7. The Morgan fingerprint density at radius 3 is 2.70 bits per heavy atom. The van der Waals surface area contributed by atoms with Crippen molar-refractivity contribution >= 4 is 28.7 Å². The largest absolute Gasteiger partial charge is 0.490 e. The highest BCUT2D eigenvalue weighted by Gasteiger charge is 2.26. The van der Waals surface area contributed by atoms with Gasteiger partial charge in [-0.05, 0) is 83.3 Å². The van der Waals surface area contributed by atoms with Crippen molar-refractivity contribution in [3.8, 4) is 17.3 Å². The number of ether oxygens (including phenoxy) is 2. The average Bonchev–Trinajstić information content (AvgIpc) is 3.66. The van der Waals surface area contributed by atoms with E-state index >= 15 is 0 Å². The van der Waals surface area contributed by atoms with Gasteiger partial charge >= 0.3 is 0 Å². The van der Waals surface area contributed by atoms with Crippen LogP contribution in [0, 0.1) is 0 Å². The Morgan fingerprint density at radius 2 is 1.89 bits per heavy atom. The lowest BCUT2D eigenvalue weighted by molar-refractivity contribution is 0.0944. The van der Waals surface area contributed by atoms with E-state index in [1.165, 1.54) is 17.3 Å². The van der Waals surface area contributed by atoms with Crippen LogP contribution in [0.1, 0.15) is 53.5 Å². The third kappa shape index (κ3) is 6.37. The predicted octanol–water partition coefficient (Wildman–Crippen LogP) is 4.11. The monoisotopic (exact) mass is 595 g/mol. The summed E-state index contributed by atoms with van der Waals surface area (Å²) in [5.41, 5.74) is 10.9. The number of anilines is 1. The summed E-state index contributed by atoms with van der Waals surface area (Å²) in [6.07, 6.45) is 4.90. The molecule has 13 heteroatoms. The molecule has 1 fully saturated rings. The van der Waals surface area contributed by atoms with Crippen LogP contribution in [0.2, 0.25) is 0 Å². The second-order valence-corrected chi connectivity index (χ2v) is 10.4. The van der Waals surface area contributed by atoms with Gasteiger partial charge < -0.3 is 15.2 Å². The molecular formula is C31H33N9O4. The smallest absolute Gasteiger partial charge is 0.292 e. The quantitative estimate of drug-likeness (QED) is 0.168. The van der Waals surface area contributed by atoms with Gasteiger partial charge in [0.25, 0.3) is 5.91 Å². The second-order valence-electron chi connectivity index (χ2n) is 10.4. The van der Waals surface area contributed by atoms with Crippen LogP contribution >= 0.6 is 0 Å². The van der Waals surface area contributed by atoms with Gasteiger partial charge in [0.05, 0.1) is 12.8 Å². The molecule has 1 aliphatic rings. The minimum atomic E-state index is -0.527. The van der Waals surface area contributed by atoms with Crippen molar-refractivity contribution in [1.82, 2.24) is 35.6 Å². The van der Waals surface area contributed by atoms with E-state index in [-0.39, 0.29) is 17.3 Å². The molecule has 3 N–H and O–H groups in total. The van der Waals surface area contributed by atoms with Crippen molar-refractivity contribution in [1.29, 1.82) is 0 Å². The molecule has 226 valence electrons. The first-order valence-electron chi connectivity index (χ1n) is 14.6. The molecule has 0 spiro atoms. The van der Waals surface area contributed by atoms with Gasteiger partial charge in [0.1, 0.15) is 12.3 Å². The molecule has 1 saturated heterocycles. The number of carbonyl (C=O) groups excluding carboxylic acids is 1. The molecule has 13 nitrogen and oxygen atoms in total. The zero-order valence-electron chi connectivity index (χ0n) is 24.3. The molecule has 44 heavy (non-hydrogen) atoms. The number of likely N-dealkylation sites (tertiary alicyclic amines) is 1. The van der Waals surface area contributed by atoms with Crippen molar-refractivity contribution in [2.24, 2.45) is 5.10 Å². The molecule has 0 bridgehead atoms. The molecule has 2 aromatic heterocycles. The van der Waals surface area contributed by atoms with E-state index in [2.05, 4.69) is 60.3 Å². The van der Waals surface area contributed by atoms with Gasteiger partial charge in [-0.25, -0.2) is 10.1 Å². The lowest BCUT2D eigenvalue weighted by atomic mass is 10.1. The topological polar surface area (TPSA) is 159 Å². The van der Waals surface area contributed by atoms with Gasteiger partial charge in [0.15, 0.2) is 17.2 Å².